The Kier molecular flexibility index (Phi) is 3.88. The van der Waals surface area contributed by atoms with E-state index in [9.17, 15) is 4.79 Å². The zero-order valence-electron chi connectivity index (χ0n) is 8.56. The molecule has 0 radical (unpaired) electrons. The maximum atomic E-state index is 11.7. The highest BCUT2D eigenvalue weighted by atomic mass is 16.5. The molecule has 3 heteroatoms. The van der Waals surface area contributed by atoms with Gasteiger partial charge in [-0.15, -0.1) is 0 Å². The van der Waals surface area contributed by atoms with E-state index >= 15 is 0 Å². The Morgan fingerprint density at radius 3 is 2.92 bits per heavy atom. The van der Waals surface area contributed by atoms with Crippen molar-refractivity contribution in [3.8, 4) is 0 Å². The minimum Gasteiger partial charge on any atom is -0.374 e. The number of ether oxygens (including phenoxy) is 1. The summed E-state index contributed by atoms with van der Waals surface area (Å²) in [5.74, 6) is 0.193. The number of rotatable bonds is 5. The predicted octanol–water partition coefficient (Wildman–Crippen LogP) is 1.12. The normalized spacial score (nSPS) is 27.8. The van der Waals surface area contributed by atoms with Gasteiger partial charge in [0.1, 0.15) is 6.61 Å². The van der Waals surface area contributed by atoms with E-state index in [0.29, 0.717) is 6.61 Å². The van der Waals surface area contributed by atoms with E-state index in [2.05, 4.69) is 5.32 Å². The Morgan fingerprint density at radius 1 is 1.62 bits per heavy atom. The molecule has 1 aliphatic rings. The fraction of sp³-hybridized carbons (Fsp3) is 0.900. The Labute approximate surface area is 79.8 Å². The van der Waals surface area contributed by atoms with Gasteiger partial charge in [0.2, 0.25) is 0 Å². The number of hydrogen-bond donors (Lipinski definition) is 1. The summed E-state index contributed by atoms with van der Waals surface area (Å²) in [4.78, 5) is 11.7. The van der Waals surface area contributed by atoms with Crippen molar-refractivity contribution < 1.29 is 9.53 Å². The smallest absolute Gasteiger partial charge is 0.178 e. The third kappa shape index (κ3) is 2.78. The van der Waals surface area contributed by atoms with Crippen LogP contribution < -0.4 is 5.32 Å². The average molecular weight is 185 g/mol. The number of nitrogens with one attached hydrogen (secondary N) is 1. The first-order valence-electron chi connectivity index (χ1n) is 5.05. The van der Waals surface area contributed by atoms with Crippen molar-refractivity contribution in [2.24, 2.45) is 0 Å². The van der Waals surface area contributed by atoms with Crippen molar-refractivity contribution in [2.45, 2.75) is 38.6 Å². The Bertz CT molecular complexity index is 174. The molecule has 76 valence electrons. The zero-order valence-corrected chi connectivity index (χ0v) is 8.56. The van der Waals surface area contributed by atoms with Crippen LogP contribution in [0.4, 0.5) is 0 Å². The Morgan fingerprint density at radius 2 is 2.38 bits per heavy atom. The van der Waals surface area contributed by atoms with Gasteiger partial charge in [-0.2, -0.15) is 0 Å². The van der Waals surface area contributed by atoms with Crippen LogP contribution in [0.25, 0.3) is 0 Å². The third-order valence-corrected chi connectivity index (χ3v) is 2.57. The van der Waals surface area contributed by atoms with Gasteiger partial charge in [-0.3, -0.25) is 4.79 Å². The molecule has 0 bridgehead atoms. The van der Waals surface area contributed by atoms with Crippen LogP contribution in [0.2, 0.25) is 0 Å². The minimum absolute atomic E-state index is 0.193. The van der Waals surface area contributed by atoms with E-state index in [0.717, 1.165) is 25.8 Å². The van der Waals surface area contributed by atoms with Crippen LogP contribution in [0.15, 0.2) is 0 Å². The first-order valence-corrected chi connectivity index (χ1v) is 5.05. The van der Waals surface area contributed by atoms with Gasteiger partial charge < -0.3 is 10.1 Å². The van der Waals surface area contributed by atoms with Crippen LogP contribution in [0.5, 0.6) is 0 Å². The standard InChI is InChI=1S/C10H19NO2/c1-3-7-13-8-9(12)10(2)5-4-6-11-10/h11H,3-8H2,1-2H3. The molecule has 1 unspecified atom stereocenters. The first kappa shape index (κ1) is 10.7. The van der Waals surface area contributed by atoms with Crippen LogP contribution in [-0.2, 0) is 9.53 Å². The van der Waals surface area contributed by atoms with Crippen molar-refractivity contribution in [3.05, 3.63) is 0 Å². The van der Waals surface area contributed by atoms with Crippen molar-refractivity contribution in [3.63, 3.8) is 0 Å². The molecule has 0 aromatic heterocycles. The summed E-state index contributed by atoms with van der Waals surface area (Å²) < 4.78 is 5.23. The van der Waals surface area contributed by atoms with Gasteiger partial charge in [-0.25, -0.2) is 0 Å². The summed E-state index contributed by atoms with van der Waals surface area (Å²) in [6, 6.07) is 0. The molecule has 1 atom stereocenters. The zero-order chi connectivity index (χ0) is 9.73. The fourth-order valence-electron chi connectivity index (χ4n) is 1.60. The van der Waals surface area contributed by atoms with Crippen molar-refractivity contribution in [1.29, 1.82) is 0 Å². The second kappa shape index (κ2) is 4.72. The predicted molar refractivity (Wildman–Crippen MR) is 51.8 cm³/mol. The molecule has 1 rings (SSSR count). The summed E-state index contributed by atoms with van der Waals surface area (Å²) in [5.41, 5.74) is -0.312. The SMILES string of the molecule is CCCOCC(=O)C1(C)CCCN1. The Hall–Kier alpha value is -0.410. The molecule has 3 nitrogen and oxygen atoms in total. The van der Waals surface area contributed by atoms with Gasteiger partial charge in [0.25, 0.3) is 0 Å². The summed E-state index contributed by atoms with van der Waals surface area (Å²) in [6.07, 6.45) is 3.01. The van der Waals surface area contributed by atoms with Gasteiger partial charge in [0.15, 0.2) is 5.78 Å². The van der Waals surface area contributed by atoms with Crippen LogP contribution in [0.1, 0.15) is 33.1 Å². The lowest BCUT2D eigenvalue weighted by molar-refractivity contribution is -0.129. The molecule has 0 aliphatic carbocycles. The summed E-state index contributed by atoms with van der Waals surface area (Å²) in [5, 5.41) is 3.23. The number of ketones is 1. The van der Waals surface area contributed by atoms with Gasteiger partial charge in [-0.1, -0.05) is 6.92 Å². The lowest BCUT2D eigenvalue weighted by Gasteiger charge is -2.22. The monoisotopic (exact) mass is 185 g/mol. The minimum atomic E-state index is -0.312. The molecule has 1 saturated heterocycles. The molecule has 0 spiro atoms. The molecular weight excluding hydrogens is 166 g/mol. The summed E-state index contributed by atoms with van der Waals surface area (Å²) >= 11 is 0. The highest BCUT2D eigenvalue weighted by Gasteiger charge is 2.35. The molecule has 0 amide bonds. The number of carbonyl (C=O) groups excluding carboxylic acids is 1. The van der Waals surface area contributed by atoms with Crippen LogP contribution in [0, 0.1) is 0 Å². The maximum Gasteiger partial charge on any atom is 0.178 e. The molecule has 0 saturated carbocycles. The fourth-order valence-corrected chi connectivity index (χ4v) is 1.60. The lowest BCUT2D eigenvalue weighted by atomic mass is 9.95. The van der Waals surface area contributed by atoms with Crippen LogP contribution >= 0.6 is 0 Å². The summed E-state index contributed by atoms with van der Waals surface area (Å²) in [7, 11) is 0. The van der Waals surface area contributed by atoms with Gasteiger partial charge in [0, 0.05) is 6.61 Å². The molecule has 0 aromatic carbocycles. The lowest BCUT2D eigenvalue weighted by Crippen LogP contribution is -2.46. The molecule has 1 heterocycles. The van der Waals surface area contributed by atoms with Gasteiger partial charge in [-0.05, 0) is 32.7 Å². The maximum absolute atomic E-state index is 11.7. The first-order chi connectivity index (χ1) is 6.19. The van der Waals surface area contributed by atoms with E-state index in [1.165, 1.54) is 0 Å². The van der Waals surface area contributed by atoms with Crippen molar-refractivity contribution >= 4 is 5.78 Å². The topological polar surface area (TPSA) is 38.3 Å². The van der Waals surface area contributed by atoms with Crippen LogP contribution in [0.3, 0.4) is 0 Å². The highest BCUT2D eigenvalue weighted by molar-refractivity contribution is 5.89. The van der Waals surface area contributed by atoms with Crippen molar-refractivity contribution in [1.82, 2.24) is 5.32 Å². The largest absolute Gasteiger partial charge is 0.374 e. The van der Waals surface area contributed by atoms with Gasteiger partial charge >= 0.3 is 0 Å². The van der Waals surface area contributed by atoms with Gasteiger partial charge in [0.05, 0.1) is 5.54 Å². The number of hydrogen-bond acceptors (Lipinski definition) is 3. The third-order valence-electron chi connectivity index (χ3n) is 2.57. The number of carbonyl (C=O) groups is 1. The molecular formula is C10H19NO2. The van der Waals surface area contributed by atoms with E-state index in [1.54, 1.807) is 0 Å². The highest BCUT2D eigenvalue weighted by Crippen LogP contribution is 2.19. The molecule has 1 aliphatic heterocycles. The second-order valence-corrected chi connectivity index (χ2v) is 3.84. The van der Waals surface area contributed by atoms with Crippen molar-refractivity contribution in [2.75, 3.05) is 19.8 Å². The molecule has 1 N–H and O–H groups in total. The van der Waals surface area contributed by atoms with Crippen LogP contribution in [-0.4, -0.2) is 31.1 Å². The Balaban J connectivity index is 2.29. The number of Topliss-reactive ketones (excluding diaryl/α,β-unsaturated/α-hetero) is 1. The van der Waals surface area contributed by atoms with E-state index in [1.807, 2.05) is 13.8 Å². The average Bonchev–Trinajstić information content (AvgIpc) is 2.54. The van der Waals surface area contributed by atoms with E-state index < -0.39 is 0 Å². The van der Waals surface area contributed by atoms with E-state index in [4.69, 9.17) is 4.74 Å². The quantitative estimate of drug-likeness (QED) is 0.652. The molecule has 13 heavy (non-hydrogen) atoms. The summed E-state index contributed by atoms with van der Waals surface area (Å²) in [6.45, 7) is 5.91. The second-order valence-electron chi connectivity index (χ2n) is 3.84. The molecule has 0 aromatic rings. The van der Waals surface area contributed by atoms with E-state index in [-0.39, 0.29) is 17.9 Å². The molecule has 1 fully saturated rings.